The average Bonchev–Trinajstić information content (AvgIpc) is 2.72. The highest BCUT2D eigenvalue weighted by molar-refractivity contribution is 7.98. The van der Waals surface area contributed by atoms with Gasteiger partial charge in [0, 0.05) is 30.4 Å². The Hall–Kier alpha value is -2.74. The minimum atomic E-state index is 0.357. The van der Waals surface area contributed by atoms with Crippen LogP contribution >= 0.6 is 11.8 Å². The summed E-state index contributed by atoms with van der Waals surface area (Å²) < 4.78 is 0. The fourth-order valence-electron chi connectivity index (χ4n) is 2.09. The first-order valence-electron chi connectivity index (χ1n) is 8.62. The topological polar surface area (TPSA) is 88.0 Å². The number of nitrogens with zero attached hydrogens (tertiary/aromatic N) is 5. The molecule has 142 valence electrons. The fraction of sp³-hybridized carbons (Fsp3) is 0.316. The molecule has 0 saturated heterocycles. The van der Waals surface area contributed by atoms with Crippen molar-refractivity contribution in [2.45, 2.75) is 18.7 Å². The lowest BCUT2D eigenvalue weighted by molar-refractivity contribution is 0.644. The summed E-state index contributed by atoms with van der Waals surface area (Å²) in [6.07, 6.45) is 14.7. The second kappa shape index (κ2) is 11.1. The molecule has 0 aliphatic carbocycles. The molecule has 0 aliphatic heterocycles. The monoisotopic (exact) mass is 383 g/mol. The van der Waals surface area contributed by atoms with Crippen molar-refractivity contribution in [3.05, 3.63) is 48.7 Å². The van der Waals surface area contributed by atoms with E-state index in [0.29, 0.717) is 23.3 Å². The van der Waals surface area contributed by atoms with Crippen LogP contribution in [0.1, 0.15) is 19.5 Å². The van der Waals surface area contributed by atoms with Crippen LogP contribution in [-0.4, -0.2) is 46.0 Å². The van der Waals surface area contributed by atoms with Gasteiger partial charge in [-0.05, 0) is 31.9 Å². The van der Waals surface area contributed by atoms with Gasteiger partial charge in [-0.3, -0.25) is 4.99 Å². The first kappa shape index (κ1) is 20.6. The molecule has 0 bridgehead atoms. The van der Waals surface area contributed by atoms with Crippen LogP contribution in [0.25, 0.3) is 5.70 Å². The van der Waals surface area contributed by atoms with Crippen molar-refractivity contribution in [2.24, 2.45) is 10.9 Å². The van der Waals surface area contributed by atoms with Gasteiger partial charge in [-0.15, -0.1) is 11.8 Å². The molecule has 0 aromatic carbocycles. The predicted octanol–water partition coefficient (Wildman–Crippen LogP) is 3.77. The normalized spacial score (nSPS) is 12.8. The van der Waals surface area contributed by atoms with E-state index in [9.17, 15) is 0 Å². The van der Waals surface area contributed by atoms with Crippen molar-refractivity contribution in [3.8, 4) is 0 Å². The zero-order valence-electron chi connectivity index (χ0n) is 15.9. The summed E-state index contributed by atoms with van der Waals surface area (Å²) in [4.78, 5) is 22.4. The molecule has 0 radical (unpaired) electrons. The predicted molar refractivity (Wildman–Crippen MR) is 114 cm³/mol. The maximum absolute atomic E-state index is 4.39. The van der Waals surface area contributed by atoms with Crippen LogP contribution in [-0.2, 0) is 0 Å². The number of allylic oxidation sites excluding steroid dienone is 3. The lowest BCUT2D eigenvalue weighted by Crippen LogP contribution is -2.21. The van der Waals surface area contributed by atoms with E-state index in [1.807, 2.05) is 43.8 Å². The van der Waals surface area contributed by atoms with E-state index < -0.39 is 0 Å². The van der Waals surface area contributed by atoms with Crippen LogP contribution in [0.15, 0.2) is 52.9 Å². The Morgan fingerprint density at radius 1 is 1.15 bits per heavy atom. The highest BCUT2D eigenvalue weighted by Gasteiger charge is 2.06. The molecule has 2 N–H and O–H groups in total. The van der Waals surface area contributed by atoms with Crippen molar-refractivity contribution in [2.75, 3.05) is 30.0 Å². The minimum absolute atomic E-state index is 0.357. The second-order valence-electron chi connectivity index (χ2n) is 5.84. The van der Waals surface area contributed by atoms with Gasteiger partial charge in [-0.2, -0.15) is 0 Å². The zero-order chi connectivity index (χ0) is 19.5. The van der Waals surface area contributed by atoms with Crippen LogP contribution in [0.5, 0.6) is 0 Å². The molecule has 2 aromatic heterocycles. The third-order valence-electron chi connectivity index (χ3n) is 3.64. The molecule has 0 spiro atoms. The van der Waals surface area contributed by atoms with Gasteiger partial charge in [0.1, 0.15) is 11.5 Å². The Bertz CT molecular complexity index is 770. The minimum Gasteiger partial charge on any atom is -0.368 e. The number of rotatable bonds is 10. The highest BCUT2D eigenvalue weighted by atomic mass is 32.2. The maximum atomic E-state index is 4.39. The van der Waals surface area contributed by atoms with Gasteiger partial charge >= 0.3 is 0 Å². The molecule has 27 heavy (non-hydrogen) atoms. The van der Waals surface area contributed by atoms with Crippen molar-refractivity contribution in [1.82, 2.24) is 19.9 Å². The van der Waals surface area contributed by atoms with Crippen molar-refractivity contribution < 1.29 is 0 Å². The first-order chi connectivity index (χ1) is 13.2. The number of aromatic nitrogens is 4. The molecule has 1 atom stereocenters. The van der Waals surface area contributed by atoms with E-state index in [1.54, 1.807) is 24.2 Å². The lowest BCUT2D eigenvalue weighted by Gasteiger charge is -2.14. The van der Waals surface area contributed by atoms with Crippen molar-refractivity contribution >= 4 is 35.9 Å². The molecule has 0 fully saturated rings. The summed E-state index contributed by atoms with van der Waals surface area (Å²) in [6.45, 7) is 9.16. The van der Waals surface area contributed by atoms with Gasteiger partial charge in [0.25, 0.3) is 0 Å². The number of anilines is 2. The van der Waals surface area contributed by atoms with Crippen molar-refractivity contribution in [1.29, 1.82) is 0 Å². The summed E-state index contributed by atoms with van der Waals surface area (Å²) in [7, 11) is 0. The van der Waals surface area contributed by atoms with Gasteiger partial charge in [-0.1, -0.05) is 19.1 Å². The van der Waals surface area contributed by atoms with E-state index in [0.717, 1.165) is 23.8 Å². The molecule has 8 heteroatoms. The molecule has 7 nitrogen and oxygen atoms in total. The van der Waals surface area contributed by atoms with Crippen LogP contribution in [0, 0.1) is 5.92 Å². The Morgan fingerprint density at radius 3 is 2.48 bits per heavy atom. The lowest BCUT2D eigenvalue weighted by atomic mass is 10.2. The molecular formula is C19H25N7S. The van der Waals surface area contributed by atoms with Crippen LogP contribution < -0.4 is 10.6 Å². The number of aliphatic imine (C=N–C) groups is 1. The Labute approximate surface area is 164 Å². The summed E-state index contributed by atoms with van der Waals surface area (Å²) in [5.74, 6) is 1.72. The van der Waals surface area contributed by atoms with E-state index in [1.165, 1.54) is 0 Å². The molecule has 2 heterocycles. The van der Waals surface area contributed by atoms with Gasteiger partial charge in [0.2, 0.25) is 5.95 Å². The Kier molecular flexibility index (Phi) is 8.44. The molecular weight excluding hydrogens is 358 g/mol. The standard InChI is InChI=1S/C19H25N7S/c1-5-6-7-16(20-3)17-12-23-18(13-21-17)22-8-14(2)9-24-19-25-10-15(27-4)11-26-19/h5-7,10-14H,3,8-9H2,1-2,4H3,(H,22,23)(H,24,25,26)/b6-5-,16-7-. The van der Waals surface area contributed by atoms with E-state index >= 15 is 0 Å². The summed E-state index contributed by atoms with van der Waals surface area (Å²) in [5.41, 5.74) is 1.38. The first-order valence-corrected chi connectivity index (χ1v) is 9.84. The van der Waals surface area contributed by atoms with Gasteiger partial charge < -0.3 is 10.6 Å². The SMILES string of the molecule is C=N/C(=C\C=C/C)c1cnc(NCC(C)CNc2ncc(SC)cn2)cn1. The molecule has 2 aromatic rings. The molecule has 2 rings (SSSR count). The van der Waals surface area contributed by atoms with Crippen LogP contribution in [0.2, 0.25) is 0 Å². The summed E-state index contributed by atoms with van der Waals surface area (Å²) in [5, 5.41) is 6.53. The van der Waals surface area contributed by atoms with Gasteiger partial charge in [-0.25, -0.2) is 19.9 Å². The molecule has 0 aliphatic rings. The maximum Gasteiger partial charge on any atom is 0.222 e. The molecule has 0 amide bonds. The van der Waals surface area contributed by atoms with Gasteiger partial charge in [0.05, 0.1) is 18.1 Å². The summed E-state index contributed by atoms with van der Waals surface area (Å²) >= 11 is 1.62. The zero-order valence-corrected chi connectivity index (χ0v) is 16.7. The smallest absolute Gasteiger partial charge is 0.222 e. The third kappa shape index (κ3) is 6.82. The number of thioether (sulfide) groups is 1. The Morgan fingerprint density at radius 2 is 1.89 bits per heavy atom. The average molecular weight is 384 g/mol. The molecule has 1 unspecified atom stereocenters. The molecule has 0 saturated carbocycles. The van der Waals surface area contributed by atoms with Crippen LogP contribution in [0.3, 0.4) is 0 Å². The van der Waals surface area contributed by atoms with Crippen LogP contribution in [0.4, 0.5) is 11.8 Å². The van der Waals surface area contributed by atoms with Gasteiger partial charge in [0.15, 0.2) is 0 Å². The number of nitrogens with one attached hydrogen (secondary N) is 2. The Balaban J connectivity index is 1.82. The van der Waals surface area contributed by atoms with E-state index in [-0.39, 0.29) is 0 Å². The third-order valence-corrected chi connectivity index (χ3v) is 4.32. The quantitative estimate of drug-likeness (QED) is 0.367. The number of hydrogen-bond donors (Lipinski definition) is 2. The second-order valence-corrected chi connectivity index (χ2v) is 6.72. The highest BCUT2D eigenvalue weighted by Crippen LogP contribution is 2.14. The van der Waals surface area contributed by atoms with E-state index in [4.69, 9.17) is 0 Å². The number of hydrogen-bond acceptors (Lipinski definition) is 8. The van der Waals surface area contributed by atoms with E-state index in [2.05, 4.69) is 49.2 Å². The summed E-state index contributed by atoms with van der Waals surface area (Å²) in [6, 6.07) is 0. The van der Waals surface area contributed by atoms with Crippen molar-refractivity contribution in [3.63, 3.8) is 0 Å². The largest absolute Gasteiger partial charge is 0.368 e. The fourth-order valence-corrected chi connectivity index (χ4v) is 2.40.